The fourth-order valence-electron chi connectivity index (χ4n) is 3.89. The molecule has 2 amide bonds. The van der Waals surface area contributed by atoms with Gasteiger partial charge in [0.2, 0.25) is 11.8 Å². The smallest absolute Gasteiger partial charge is 0.260 e. The number of carbonyl (C=O) groups is 2. The first kappa shape index (κ1) is 20.2. The van der Waals surface area contributed by atoms with Crippen molar-refractivity contribution in [2.45, 2.75) is 19.5 Å². The molecule has 2 aromatic heterocycles. The zero-order valence-electron chi connectivity index (χ0n) is 17.1. The van der Waals surface area contributed by atoms with Gasteiger partial charge < -0.3 is 14.3 Å². The van der Waals surface area contributed by atoms with Gasteiger partial charge in [0.25, 0.3) is 5.91 Å². The van der Waals surface area contributed by atoms with Gasteiger partial charge in [-0.2, -0.15) is 0 Å². The molecule has 7 heteroatoms. The number of nitrogens with zero attached hydrogens (tertiary/aromatic N) is 2. The van der Waals surface area contributed by atoms with Gasteiger partial charge in [0.1, 0.15) is 0 Å². The van der Waals surface area contributed by atoms with Crippen LogP contribution >= 0.6 is 11.6 Å². The number of carbonyl (C=O) groups excluding carboxylic acids is 2. The number of nitrogens with one attached hydrogen (secondary N) is 1. The van der Waals surface area contributed by atoms with Gasteiger partial charge in [-0.1, -0.05) is 29.8 Å². The van der Waals surface area contributed by atoms with Gasteiger partial charge in [0, 0.05) is 33.7 Å². The maximum atomic E-state index is 13.3. The van der Waals surface area contributed by atoms with Crippen LogP contribution in [0.25, 0.3) is 0 Å². The molecule has 6 nitrogen and oxygen atoms in total. The summed E-state index contributed by atoms with van der Waals surface area (Å²) < 4.78 is 7.77. The predicted molar refractivity (Wildman–Crippen MR) is 123 cm³/mol. The highest BCUT2D eigenvalue weighted by Gasteiger charge is 2.27. The third kappa shape index (κ3) is 3.92. The van der Waals surface area contributed by atoms with Crippen LogP contribution in [0.1, 0.15) is 27.2 Å². The summed E-state index contributed by atoms with van der Waals surface area (Å²) in [6.45, 7) is 1.08. The second kappa shape index (κ2) is 8.40. The van der Waals surface area contributed by atoms with Crippen LogP contribution in [0.4, 0.5) is 11.6 Å². The van der Waals surface area contributed by atoms with Crippen molar-refractivity contribution in [3.8, 4) is 0 Å². The van der Waals surface area contributed by atoms with E-state index in [1.165, 1.54) is 0 Å². The second-order valence-electron chi connectivity index (χ2n) is 7.66. The van der Waals surface area contributed by atoms with Gasteiger partial charge in [-0.3, -0.25) is 14.5 Å². The Morgan fingerprint density at radius 3 is 2.59 bits per heavy atom. The normalized spacial score (nSPS) is 12.6. The molecule has 0 atom stereocenters. The van der Waals surface area contributed by atoms with Crippen molar-refractivity contribution in [3.63, 3.8) is 0 Å². The topological polar surface area (TPSA) is 67.5 Å². The first-order valence-corrected chi connectivity index (χ1v) is 10.6. The van der Waals surface area contributed by atoms with E-state index in [-0.39, 0.29) is 18.2 Å². The van der Waals surface area contributed by atoms with E-state index in [1.807, 2.05) is 42.6 Å². The minimum atomic E-state index is -0.175. The van der Waals surface area contributed by atoms with Gasteiger partial charge in [-0.25, -0.2) is 0 Å². The number of fused-ring (bicyclic) bond motifs is 2. The van der Waals surface area contributed by atoms with E-state index in [4.69, 9.17) is 16.0 Å². The van der Waals surface area contributed by atoms with Crippen molar-refractivity contribution in [1.29, 1.82) is 0 Å². The van der Waals surface area contributed by atoms with Crippen molar-refractivity contribution < 1.29 is 14.0 Å². The molecule has 1 aliphatic rings. The number of amides is 2. The molecule has 0 saturated carbocycles. The van der Waals surface area contributed by atoms with Crippen LogP contribution in [-0.4, -0.2) is 16.4 Å². The van der Waals surface area contributed by atoms with Crippen molar-refractivity contribution in [2.75, 3.05) is 10.2 Å². The standard InChI is InChI=1S/C25H20ClN3O3/c26-22-6-2-1-4-18(22)14-23(30)27-20-9-7-17(8-10-20)24(31)29-16-21-5-3-12-28(21)15-19-11-13-32-25(19)29/h1-13H,14-16H2,(H,27,30). The molecule has 0 unspecified atom stereocenters. The van der Waals surface area contributed by atoms with Crippen molar-refractivity contribution in [1.82, 2.24) is 4.57 Å². The second-order valence-corrected chi connectivity index (χ2v) is 8.07. The molecule has 0 bridgehead atoms. The Morgan fingerprint density at radius 2 is 1.78 bits per heavy atom. The lowest BCUT2D eigenvalue weighted by Gasteiger charge is -2.19. The van der Waals surface area contributed by atoms with E-state index in [1.54, 1.807) is 41.5 Å². The predicted octanol–water partition coefficient (Wildman–Crippen LogP) is 5.12. The lowest BCUT2D eigenvalue weighted by atomic mass is 10.1. The highest BCUT2D eigenvalue weighted by Crippen LogP contribution is 2.30. The Labute approximate surface area is 190 Å². The summed E-state index contributed by atoms with van der Waals surface area (Å²) in [6.07, 6.45) is 3.78. The minimum absolute atomic E-state index is 0.162. The zero-order chi connectivity index (χ0) is 22.1. The van der Waals surface area contributed by atoms with Crippen molar-refractivity contribution >= 4 is 35.0 Å². The summed E-state index contributed by atoms with van der Waals surface area (Å²) in [4.78, 5) is 27.3. The highest BCUT2D eigenvalue weighted by molar-refractivity contribution is 6.31. The van der Waals surface area contributed by atoms with Gasteiger partial charge in [0.15, 0.2) is 0 Å². The van der Waals surface area contributed by atoms with Gasteiger partial charge >= 0.3 is 0 Å². The Hall–Kier alpha value is -3.77. The molecule has 160 valence electrons. The fourth-order valence-corrected chi connectivity index (χ4v) is 4.09. The summed E-state index contributed by atoms with van der Waals surface area (Å²) in [5, 5.41) is 3.41. The van der Waals surface area contributed by atoms with Gasteiger partial charge in [-0.15, -0.1) is 0 Å². The van der Waals surface area contributed by atoms with Crippen LogP contribution in [0.5, 0.6) is 0 Å². The van der Waals surface area contributed by atoms with E-state index in [2.05, 4.69) is 9.88 Å². The molecule has 1 aliphatic heterocycles. The lowest BCUT2D eigenvalue weighted by Crippen LogP contribution is -2.30. The molecule has 0 fully saturated rings. The van der Waals surface area contributed by atoms with Crippen LogP contribution in [0.2, 0.25) is 5.02 Å². The maximum absolute atomic E-state index is 13.3. The summed E-state index contributed by atoms with van der Waals surface area (Å²) in [5.41, 5.74) is 3.88. The number of benzene rings is 2. The van der Waals surface area contributed by atoms with E-state index in [0.717, 1.165) is 16.8 Å². The summed E-state index contributed by atoms with van der Waals surface area (Å²) in [6, 6.07) is 20.0. The van der Waals surface area contributed by atoms with E-state index in [0.29, 0.717) is 35.2 Å². The zero-order valence-corrected chi connectivity index (χ0v) is 17.9. The molecule has 1 N–H and O–H groups in total. The molecule has 2 aromatic carbocycles. The average molecular weight is 446 g/mol. The fraction of sp³-hybridized carbons (Fsp3) is 0.120. The quantitative estimate of drug-likeness (QED) is 0.473. The molecular weight excluding hydrogens is 426 g/mol. The molecule has 5 rings (SSSR count). The highest BCUT2D eigenvalue weighted by atomic mass is 35.5. The minimum Gasteiger partial charge on any atom is -0.448 e. The largest absolute Gasteiger partial charge is 0.448 e. The van der Waals surface area contributed by atoms with Crippen LogP contribution in [-0.2, 0) is 24.3 Å². The first-order chi connectivity index (χ1) is 15.6. The number of rotatable bonds is 4. The average Bonchev–Trinajstić information content (AvgIpc) is 3.41. The monoisotopic (exact) mass is 445 g/mol. The van der Waals surface area contributed by atoms with E-state index < -0.39 is 0 Å². The SMILES string of the molecule is O=C(Cc1ccccc1Cl)Nc1ccc(C(=O)N2Cc3cccn3Cc3ccoc32)cc1. The maximum Gasteiger partial charge on any atom is 0.260 e. The van der Waals surface area contributed by atoms with Crippen LogP contribution in [0.3, 0.4) is 0 Å². The number of aromatic nitrogens is 1. The number of anilines is 2. The van der Waals surface area contributed by atoms with Crippen LogP contribution in [0, 0.1) is 0 Å². The molecule has 0 radical (unpaired) electrons. The lowest BCUT2D eigenvalue weighted by molar-refractivity contribution is -0.115. The number of hydrogen-bond donors (Lipinski definition) is 1. The molecule has 4 aromatic rings. The molecule has 0 spiro atoms. The molecular formula is C25H20ClN3O3. The number of furan rings is 1. The summed E-state index contributed by atoms with van der Waals surface area (Å²) in [5.74, 6) is 0.228. The Kier molecular flexibility index (Phi) is 5.29. The number of hydrogen-bond acceptors (Lipinski definition) is 3. The van der Waals surface area contributed by atoms with E-state index >= 15 is 0 Å². The third-order valence-electron chi connectivity index (χ3n) is 5.52. The van der Waals surface area contributed by atoms with E-state index in [9.17, 15) is 9.59 Å². The third-order valence-corrected chi connectivity index (χ3v) is 5.89. The van der Waals surface area contributed by atoms with Crippen LogP contribution in [0.15, 0.2) is 83.6 Å². The Bertz CT molecular complexity index is 1290. The molecule has 0 aliphatic carbocycles. The van der Waals surface area contributed by atoms with Gasteiger partial charge in [0.05, 0.1) is 25.8 Å². The van der Waals surface area contributed by atoms with Crippen molar-refractivity contribution in [2.24, 2.45) is 0 Å². The Balaban J connectivity index is 1.31. The van der Waals surface area contributed by atoms with Gasteiger partial charge in [-0.05, 0) is 54.1 Å². The molecule has 32 heavy (non-hydrogen) atoms. The summed E-state index contributed by atoms with van der Waals surface area (Å²) >= 11 is 6.13. The molecule has 0 saturated heterocycles. The Morgan fingerprint density at radius 1 is 0.969 bits per heavy atom. The number of halogens is 1. The first-order valence-electron chi connectivity index (χ1n) is 10.2. The van der Waals surface area contributed by atoms with Crippen molar-refractivity contribution in [3.05, 3.63) is 107 Å². The molecule has 3 heterocycles. The summed E-state index contributed by atoms with van der Waals surface area (Å²) in [7, 11) is 0. The van der Waals surface area contributed by atoms with Crippen LogP contribution < -0.4 is 10.2 Å².